The zero-order chi connectivity index (χ0) is 16.9. The summed E-state index contributed by atoms with van der Waals surface area (Å²) < 4.78 is 6.77. The number of esters is 1. The van der Waals surface area contributed by atoms with Gasteiger partial charge in [0.05, 0.1) is 5.69 Å². The SMILES string of the molecule is Cc1nn2cccnc2c1C(=O)OCC(=O)N1CCCCCCC1. The number of rotatable bonds is 3. The van der Waals surface area contributed by atoms with Crippen molar-refractivity contribution in [3.05, 3.63) is 29.7 Å². The summed E-state index contributed by atoms with van der Waals surface area (Å²) in [7, 11) is 0. The fraction of sp³-hybridized carbons (Fsp3) is 0.529. The molecule has 1 aliphatic rings. The van der Waals surface area contributed by atoms with E-state index in [0.29, 0.717) is 16.9 Å². The molecular formula is C17H22N4O3. The molecule has 7 nitrogen and oxygen atoms in total. The molecule has 0 spiro atoms. The van der Waals surface area contributed by atoms with Gasteiger partial charge >= 0.3 is 5.97 Å². The van der Waals surface area contributed by atoms with Crippen LogP contribution in [-0.4, -0.2) is 51.1 Å². The third-order valence-electron chi connectivity index (χ3n) is 4.31. The van der Waals surface area contributed by atoms with E-state index in [1.807, 2.05) is 0 Å². The Morgan fingerprint density at radius 3 is 2.62 bits per heavy atom. The standard InChI is InChI=1S/C17H22N4O3/c1-13-15(16-18-8-7-11-21(16)19-13)17(23)24-12-14(22)20-9-5-3-2-4-6-10-20/h7-8,11H,2-6,9-10,12H2,1H3. The van der Waals surface area contributed by atoms with Gasteiger partial charge in [0.25, 0.3) is 5.91 Å². The molecule has 2 aromatic rings. The lowest BCUT2D eigenvalue weighted by Gasteiger charge is -2.24. The van der Waals surface area contributed by atoms with Gasteiger partial charge in [0.1, 0.15) is 5.56 Å². The van der Waals surface area contributed by atoms with Crippen LogP contribution < -0.4 is 0 Å². The molecule has 3 rings (SSSR count). The molecule has 3 heterocycles. The molecule has 1 fully saturated rings. The van der Waals surface area contributed by atoms with Crippen molar-refractivity contribution in [3.8, 4) is 0 Å². The summed E-state index contributed by atoms with van der Waals surface area (Å²) in [5.41, 5.74) is 1.30. The summed E-state index contributed by atoms with van der Waals surface area (Å²) in [6, 6.07) is 1.74. The first-order valence-corrected chi connectivity index (χ1v) is 8.41. The number of aryl methyl sites for hydroxylation is 1. The van der Waals surface area contributed by atoms with E-state index in [9.17, 15) is 9.59 Å². The van der Waals surface area contributed by atoms with Gasteiger partial charge in [-0.15, -0.1) is 0 Å². The lowest BCUT2D eigenvalue weighted by molar-refractivity contribution is -0.134. The number of hydrogen-bond acceptors (Lipinski definition) is 5. The van der Waals surface area contributed by atoms with Gasteiger partial charge in [-0.25, -0.2) is 14.3 Å². The predicted molar refractivity (Wildman–Crippen MR) is 87.7 cm³/mol. The number of carbonyl (C=O) groups is 2. The van der Waals surface area contributed by atoms with E-state index in [1.54, 1.807) is 30.3 Å². The number of amides is 1. The van der Waals surface area contributed by atoms with Crippen molar-refractivity contribution < 1.29 is 14.3 Å². The van der Waals surface area contributed by atoms with Crippen LogP contribution >= 0.6 is 0 Å². The largest absolute Gasteiger partial charge is 0.452 e. The van der Waals surface area contributed by atoms with Crippen LogP contribution in [0.4, 0.5) is 0 Å². The van der Waals surface area contributed by atoms with Gasteiger partial charge < -0.3 is 9.64 Å². The lowest BCUT2D eigenvalue weighted by Crippen LogP contribution is -2.37. The molecular weight excluding hydrogens is 308 g/mol. The number of carbonyl (C=O) groups excluding carboxylic acids is 2. The van der Waals surface area contributed by atoms with Gasteiger partial charge in [-0.3, -0.25) is 4.79 Å². The molecule has 128 valence electrons. The summed E-state index contributed by atoms with van der Waals surface area (Å²) in [4.78, 5) is 30.6. The first kappa shape index (κ1) is 16.4. The third-order valence-corrected chi connectivity index (χ3v) is 4.31. The third kappa shape index (κ3) is 3.55. The molecule has 1 amide bonds. The van der Waals surface area contributed by atoms with Crippen LogP contribution in [-0.2, 0) is 9.53 Å². The first-order valence-electron chi connectivity index (χ1n) is 8.41. The summed E-state index contributed by atoms with van der Waals surface area (Å²) in [5, 5.41) is 4.23. The molecule has 1 aliphatic heterocycles. The summed E-state index contributed by atoms with van der Waals surface area (Å²) >= 11 is 0. The Morgan fingerprint density at radius 2 is 1.88 bits per heavy atom. The van der Waals surface area contributed by atoms with E-state index in [-0.39, 0.29) is 12.5 Å². The van der Waals surface area contributed by atoms with Gasteiger partial charge in [-0.1, -0.05) is 19.3 Å². The smallest absolute Gasteiger partial charge is 0.344 e. The van der Waals surface area contributed by atoms with E-state index in [1.165, 1.54) is 10.9 Å². The molecule has 0 unspecified atom stereocenters. The van der Waals surface area contributed by atoms with Crippen LogP contribution in [0.1, 0.15) is 48.2 Å². The second-order valence-corrected chi connectivity index (χ2v) is 6.07. The molecule has 0 aromatic carbocycles. The first-order chi connectivity index (χ1) is 11.7. The Hall–Kier alpha value is -2.44. The summed E-state index contributed by atoms with van der Waals surface area (Å²) in [6.07, 6.45) is 8.87. The van der Waals surface area contributed by atoms with Crippen molar-refractivity contribution in [2.45, 2.75) is 39.0 Å². The maximum absolute atomic E-state index is 12.4. The van der Waals surface area contributed by atoms with E-state index in [2.05, 4.69) is 10.1 Å². The zero-order valence-electron chi connectivity index (χ0n) is 13.9. The minimum absolute atomic E-state index is 0.132. The van der Waals surface area contributed by atoms with Crippen LogP contribution in [0.15, 0.2) is 18.5 Å². The lowest BCUT2D eigenvalue weighted by atomic mass is 10.1. The highest BCUT2D eigenvalue weighted by Crippen LogP contribution is 2.15. The van der Waals surface area contributed by atoms with Crippen molar-refractivity contribution in [1.82, 2.24) is 19.5 Å². The number of ether oxygens (including phenoxy) is 1. The Balaban J connectivity index is 1.64. The van der Waals surface area contributed by atoms with Crippen LogP contribution in [0.25, 0.3) is 5.65 Å². The number of likely N-dealkylation sites (tertiary alicyclic amines) is 1. The maximum Gasteiger partial charge on any atom is 0.344 e. The average molecular weight is 330 g/mol. The van der Waals surface area contributed by atoms with Gasteiger partial charge in [-0.05, 0) is 25.8 Å². The molecule has 7 heteroatoms. The minimum Gasteiger partial charge on any atom is -0.452 e. The van der Waals surface area contributed by atoms with Gasteiger partial charge in [0, 0.05) is 25.5 Å². The molecule has 0 atom stereocenters. The molecule has 24 heavy (non-hydrogen) atoms. The quantitative estimate of drug-likeness (QED) is 0.804. The molecule has 0 bridgehead atoms. The Bertz CT molecular complexity index is 733. The van der Waals surface area contributed by atoms with Gasteiger partial charge in [-0.2, -0.15) is 5.10 Å². The Labute approximate surface area is 140 Å². The highest BCUT2D eigenvalue weighted by molar-refractivity contribution is 5.98. The van der Waals surface area contributed by atoms with Crippen molar-refractivity contribution >= 4 is 17.5 Å². The van der Waals surface area contributed by atoms with E-state index >= 15 is 0 Å². The average Bonchev–Trinajstić information content (AvgIpc) is 2.88. The topological polar surface area (TPSA) is 76.8 Å². The molecule has 0 N–H and O–H groups in total. The van der Waals surface area contributed by atoms with Crippen molar-refractivity contribution in [2.75, 3.05) is 19.7 Å². The monoisotopic (exact) mass is 330 g/mol. The molecule has 2 aromatic heterocycles. The number of fused-ring (bicyclic) bond motifs is 1. The summed E-state index contributed by atoms with van der Waals surface area (Å²) in [6.45, 7) is 2.98. The van der Waals surface area contributed by atoms with E-state index in [0.717, 1.165) is 38.8 Å². The molecule has 0 saturated carbocycles. The fourth-order valence-electron chi connectivity index (χ4n) is 3.02. The Morgan fingerprint density at radius 1 is 1.17 bits per heavy atom. The Kier molecular flexibility index (Phi) is 5.08. The van der Waals surface area contributed by atoms with Crippen LogP contribution in [0.3, 0.4) is 0 Å². The highest BCUT2D eigenvalue weighted by atomic mass is 16.5. The summed E-state index contributed by atoms with van der Waals surface area (Å²) in [5.74, 6) is -0.686. The van der Waals surface area contributed by atoms with Crippen molar-refractivity contribution in [2.24, 2.45) is 0 Å². The van der Waals surface area contributed by atoms with Crippen LogP contribution in [0.5, 0.6) is 0 Å². The van der Waals surface area contributed by atoms with Crippen LogP contribution in [0.2, 0.25) is 0 Å². The number of nitrogens with zero attached hydrogens (tertiary/aromatic N) is 4. The van der Waals surface area contributed by atoms with Crippen LogP contribution in [0, 0.1) is 6.92 Å². The van der Waals surface area contributed by atoms with Gasteiger partial charge in [0.15, 0.2) is 12.3 Å². The normalized spacial score (nSPS) is 15.8. The number of hydrogen-bond donors (Lipinski definition) is 0. The fourth-order valence-corrected chi connectivity index (χ4v) is 3.02. The highest BCUT2D eigenvalue weighted by Gasteiger charge is 2.22. The zero-order valence-corrected chi connectivity index (χ0v) is 13.9. The van der Waals surface area contributed by atoms with Crippen molar-refractivity contribution in [3.63, 3.8) is 0 Å². The predicted octanol–water partition coefficient (Wildman–Crippen LogP) is 1.99. The van der Waals surface area contributed by atoms with E-state index in [4.69, 9.17) is 4.74 Å². The molecule has 0 radical (unpaired) electrons. The van der Waals surface area contributed by atoms with E-state index < -0.39 is 5.97 Å². The number of aromatic nitrogens is 3. The minimum atomic E-state index is -0.554. The second-order valence-electron chi connectivity index (χ2n) is 6.07. The maximum atomic E-state index is 12.4. The molecule has 0 aliphatic carbocycles. The second kappa shape index (κ2) is 7.42. The van der Waals surface area contributed by atoms with Crippen molar-refractivity contribution in [1.29, 1.82) is 0 Å². The molecule has 1 saturated heterocycles. The van der Waals surface area contributed by atoms with Gasteiger partial charge in [0.2, 0.25) is 0 Å².